The molecule has 1 fully saturated rings. The zero-order chi connectivity index (χ0) is 25.1. The zero-order valence-corrected chi connectivity index (χ0v) is 21.1. The number of sulfonamides is 2. The molecule has 4 rings (SSSR count). The van der Waals surface area contributed by atoms with E-state index in [0.717, 1.165) is 29.7 Å². The largest absolute Gasteiger partial charge is 0.340 e. The minimum Gasteiger partial charge on any atom is -0.340 e. The van der Waals surface area contributed by atoms with Crippen molar-refractivity contribution >= 4 is 43.2 Å². The van der Waals surface area contributed by atoms with Gasteiger partial charge in [-0.2, -0.15) is 4.98 Å². The molecule has 0 radical (unpaired) electrons. The second-order valence-corrected chi connectivity index (χ2v) is 12.1. The number of anilines is 4. The molecule has 186 valence electrons. The van der Waals surface area contributed by atoms with Gasteiger partial charge in [-0.15, -0.1) is 0 Å². The summed E-state index contributed by atoms with van der Waals surface area (Å²) in [6, 6.07) is 13.8. The second-order valence-electron chi connectivity index (χ2n) is 8.27. The van der Waals surface area contributed by atoms with Crippen molar-refractivity contribution in [2.45, 2.75) is 43.4 Å². The first-order valence-corrected chi connectivity index (χ1v) is 14.2. The summed E-state index contributed by atoms with van der Waals surface area (Å²) in [5.74, 6) is 0.929. The van der Waals surface area contributed by atoms with Gasteiger partial charge in [-0.25, -0.2) is 31.3 Å². The number of nitrogens with one attached hydrogen (secondary N) is 4. The highest BCUT2D eigenvalue weighted by atomic mass is 32.2. The summed E-state index contributed by atoms with van der Waals surface area (Å²) in [6.45, 7) is 4.14. The first-order valence-electron chi connectivity index (χ1n) is 11.2. The number of aryl methyl sites for hydroxylation is 1. The summed E-state index contributed by atoms with van der Waals surface area (Å²) in [7, 11) is -6.77. The molecule has 1 aliphatic rings. The minimum absolute atomic E-state index is 0.177. The van der Waals surface area contributed by atoms with E-state index >= 15 is 0 Å². The maximum absolute atomic E-state index is 12.1. The third-order valence-corrected chi connectivity index (χ3v) is 8.81. The number of benzene rings is 2. The van der Waals surface area contributed by atoms with Gasteiger partial charge < -0.3 is 10.6 Å². The van der Waals surface area contributed by atoms with E-state index in [0.29, 0.717) is 24.0 Å². The highest BCUT2D eigenvalue weighted by Crippen LogP contribution is 2.28. The average Bonchev–Trinajstić information content (AvgIpc) is 3.67. The van der Waals surface area contributed by atoms with Crippen LogP contribution >= 0.6 is 0 Å². The molecular weight excluding hydrogens is 488 g/mol. The van der Waals surface area contributed by atoms with Gasteiger partial charge in [-0.05, 0) is 61.7 Å². The standard InChI is InChI=1S/C23H28N6O4S2/c1-3-25-34(30,31)20-9-7-18(8-10-20)28-23-24-14-16(2)22(29-23)27-19-6-4-5-17(13-19)15-26-35(32,33)21-11-12-21/h4-10,13-14,21,25-26H,3,11-12,15H2,1-2H3,(H2,24,27,28,29). The SMILES string of the molecule is CCNS(=O)(=O)c1ccc(Nc2ncc(C)c(Nc3cccc(CNS(=O)(=O)C4CC4)c3)n2)cc1. The molecule has 0 saturated heterocycles. The zero-order valence-electron chi connectivity index (χ0n) is 19.4. The van der Waals surface area contributed by atoms with Crippen molar-refractivity contribution < 1.29 is 16.8 Å². The Balaban J connectivity index is 1.44. The normalized spacial score (nSPS) is 14.0. The van der Waals surface area contributed by atoms with Gasteiger partial charge in [0.25, 0.3) is 0 Å². The molecule has 0 spiro atoms. The summed E-state index contributed by atoms with van der Waals surface area (Å²) in [5.41, 5.74) is 3.05. The third kappa shape index (κ3) is 6.54. The lowest BCUT2D eigenvalue weighted by atomic mass is 10.2. The van der Waals surface area contributed by atoms with E-state index in [1.54, 1.807) is 25.3 Å². The maximum atomic E-state index is 12.1. The Bertz CT molecular complexity index is 1410. The molecule has 3 aromatic rings. The third-order valence-electron chi connectivity index (χ3n) is 5.36. The quantitative estimate of drug-likeness (QED) is 0.304. The predicted octanol–water partition coefficient (Wildman–Crippen LogP) is 3.15. The molecule has 2 aromatic carbocycles. The van der Waals surface area contributed by atoms with E-state index in [4.69, 9.17) is 0 Å². The summed E-state index contributed by atoms with van der Waals surface area (Å²) < 4.78 is 53.5. The highest BCUT2D eigenvalue weighted by molar-refractivity contribution is 7.90. The van der Waals surface area contributed by atoms with Crippen molar-refractivity contribution in [3.8, 4) is 0 Å². The minimum atomic E-state index is -3.52. The smallest absolute Gasteiger partial charge is 0.240 e. The van der Waals surface area contributed by atoms with Crippen molar-refractivity contribution in [2.75, 3.05) is 17.2 Å². The molecular formula is C23H28N6O4S2. The summed E-state index contributed by atoms with van der Waals surface area (Å²) in [6.07, 6.45) is 3.12. The van der Waals surface area contributed by atoms with Gasteiger partial charge in [0.05, 0.1) is 10.1 Å². The van der Waals surface area contributed by atoms with Crippen LogP contribution < -0.4 is 20.1 Å². The Labute approximate surface area is 205 Å². The number of rotatable bonds is 11. The lowest BCUT2D eigenvalue weighted by Crippen LogP contribution is -2.26. The van der Waals surface area contributed by atoms with Crippen LogP contribution in [0.5, 0.6) is 0 Å². The monoisotopic (exact) mass is 516 g/mol. The van der Waals surface area contributed by atoms with Crippen LogP contribution in [0, 0.1) is 6.92 Å². The topological polar surface area (TPSA) is 142 Å². The Morgan fingerprint density at radius 2 is 1.69 bits per heavy atom. The molecule has 1 saturated carbocycles. The first-order chi connectivity index (χ1) is 16.7. The van der Waals surface area contributed by atoms with Crippen LogP contribution in [0.2, 0.25) is 0 Å². The van der Waals surface area contributed by atoms with Gasteiger partial charge >= 0.3 is 0 Å². The summed E-state index contributed by atoms with van der Waals surface area (Å²) >= 11 is 0. The lowest BCUT2D eigenvalue weighted by molar-refractivity contribution is 0.579. The van der Waals surface area contributed by atoms with Crippen LogP contribution in [0.1, 0.15) is 30.9 Å². The number of nitrogens with zero attached hydrogens (tertiary/aromatic N) is 2. The summed E-state index contributed by atoms with van der Waals surface area (Å²) in [4.78, 5) is 9.01. The molecule has 10 nitrogen and oxygen atoms in total. The van der Waals surface area contributed by atoms with Gasteiger partial charge in [-0.1, -0.05) is 19.1 Å². The van der Waals surface area contributed by atoms with Crippen molar-refractivity contribution in [3.63, 3.8) is 0 Å². The molecule has 35 heavy (non-hydrogen) atoms. The van der Waals surface area contributed by atoms with E-state index in [1.165, 1.54) is 12.1 Å². The van der Waals surface area contributed by atoms with Gasteiger partial charge in [0.1, 0.15) is 5.82 Å². The molecule has 0 bridgehead atoms. The maximum Gasteiger partial charge on any atom is 0.240 e. The molecule has 1 aromatic heterocycles. The molecule has 4 N–H and O–H groups in total. The molecule has 1 heterocycles. The van der Waals surface area contributed by atoms with E-state index < -0.39 is 20.0 Å². The van der Waals surface area contributed by atoms with E-state index in [9.17, 15) is 16.8 Å². The van der Waals surface area contributed by atoms with E-state index in [-0.39, 0.29) is 16.7 Å². The lowest BCUT2D eigenvalue weighted by Gasteiger charge is -2.13. The molecule has 0 atom stereocenters. The van der Waals surface area contributed by atoms with Crippen LogP contribution in [0.25, 0.3) is 0 Å². The van der Waals surface area contributed by atoms with Crippen LogP contribution in [-0.4, -0.2) is 38.6 Å². The van der Waals surface area contributed by atoms with Crippen molar-refractivity contribution in [2.24, 2.45) is 0 Å². The Morgan fingerprint density at radius 1 is 0.943 bits per heavy atom. The molecule has 0 aliphatic heterocycles. The van der Waals surface area contributed by atoms with Gasteiger partial charge in [0, 0.05) is 36.2 Å². The second kappa shape index (κ2) is 10.3. The Kier molecular flexibility index (Phi) is 7.36. The van der Waals surface area contributed by atoms with E-state index in [1.807, 2.05) is 31.2 Å². The van der Waals surface area contributed by atoms with Crippen LogP contribution in [0.4, 0.5) is 23.1 Å². The van der Waals surface area contributed by atoms with E-state index in [2.05, 4.69) is 30.0 Å². The highest BCUT2D eigenvalue weighted by Gasteiger charge is 2.35. The fourth-order valence-corrected chi connectivity index (χ4v) is 5.73. The van der Waals surface area contributed by atoms with Gasteiger partial charge in [0.15, 0.2) is 0 Å². The van der Waals surface area contributed by atoms with Gasteiger partial charge in [0.2, 0.25) is 26.0 Å². The Hall–Kier alpha value is -3.06. The fourth-order valence-electron chi connectivity index (χ4n) is 3.32. The first kappa shape index (κ1) is 25.0. The molecule has 12 heteroatoms. The number of aromatic nitrogens is 2. The van der Waals surface area contributed by atoms with Crippen LogP contribution in [-0.2, 0) is 26.6 Å². The molecule has 0 unspecified atom stereocenters. The molecule has 1 aliphatic carbocycles. The van der Waals surface area contributed by atoms with Crippen LogP contribution in [0.15, 0.2) is 59.6 Å². The summed E-state index contributed by atoms with van der Waals surface area (Å²) in [5, 5.41) is 6.08. The van der Waals surface area contributed by atoms with Crippen LogP contribution in [0.3, 0.4) is 0 Å². The fraction of sp³-hybridized carbons (Fsp3) is 0.304. The van der Waals surface area contributed by atoms with Crippen molar-refractivity contribution in [1.29, 1.82) is 0 Å². The van der Waals surface area contributed by atoms with Crippen molar-refractivity contribution in [1.82, 2.24) is 19.4 Å². The predicted molar refractivity (Wildman–Crippen MR) is 136 cm³/mol. The number of hydrogen-bond donors (Lipinski definition) is 4. The van der Waals surface area contributed by atoms with Gasteiger partial charge in [-0.3, -0.25) is 0 Å². The Morgan fingerprint density at radius 3 is 2.37 bits per heavy atom. The van der Waals surface area contributed by atoms with Crippen molar-refractivity contribution in [3.05, 3.63) is 65.9 Å². The number of hydrogen-bond acceptors (Lipinski definition) is 8. The molecule has 0 amide bonds. The average molecular weight is 517 g/mol.